The van der Waals surface area contributed by atoms with E-state index in [1.165, 1.54) is 0 Å². The van der Waals surface area contributed by atoms with Gasteiger partial charge < -0.3 is 0 Å². The van der Waals surface area contributed by atoms with Crippen LogP contribution >= 0.6 is 46.4 Å². The lowest BCUT2D eigenvalue weighted by Gasteiger charge is -2.27. The van der Waals surface area contributed by atoms with Crippen LogP contribution in [-0.4, -0.2) is 11.0 Å². The van der Waals surface area contributed by atoms with Gasteiger partial charge in [0.25, 0.3) is 5.24 Å². The van der Waals surface area contributed by atoms with Crippen molar-refractivity contribution in [3.05, 3.63) is 63.1 Å². The van der Waals surface area contributed by atoms with Gasteiger partial charge in [-0.15, -0.1) is 0 Å². The zero-order valence-electron chi connectivity index (χ0n) is 12.5. The molecule has 0 spiro atoms. The van der Waals surface area contributed by atoms with Crippen LogP contribution in [0, 0.1) is 5.92 Å². The van der Waals surface area contributed by atoms with Gasteiger partial charge in [-0.2, -0.15) is 5.10 Å². The molecule has 0 bridgehead atoms. The molecule has 2 aromatic carbocycles. The highest BCUT2D eigenvalue weighted by molar-refractivity contribution is 6.82. The SMILES string of the molecule is CC1C(C(=O)Cl)=NN(c2ccc(Cl)cc2Cl)[C@@H]1c1ccc(Cl)cc1. The Balaban J connectivity index is 2.11. The first-order valence-corrected chi connectivity index (χ1v) is 8.67. The van der Waals surface area contributed by atoms with Crippen LogP contribution in [0.15, 0.2) is 47.6 Å². The zero-order chi connectivity index (χ0) is 17.4. The fourth-order valence-corrected chi connectivity index (χ4v) is 3.64. The van der Waals surface area contributed by atoms with Crippen LogP contribution in [0.3, 0.4) is 0 Å². The number of nitrogens with zero attached hydrogens (tertiary/aromatic N) is 2. The van der Waals surface area contributed by atoms with Crippen molar-refractivity contribution in [2.45, 2.75) is 13.0 Å². The second-order valence-electron chi connectivity index (χ2n) is 5.48. The molecule has 2 aromatic rings. The van der Waals surface area contributed by atoms with E-state index in [0.29, 0.717) is 26.5 Å². The van der Waals surface area contributed by atoms with Gasteiger partial charge in [-0.1, -0.05) is 53.9 Å². The smallest absolute Gasteiger partial charge is 0.268 e. The van der Waals surface area contributed by atoms with Crippen LogP contribution in [0.25, 0.3) is 0 Å². The minimum absolute atomic E-state index is 0.206. The molecule has 24 heavy (non-hydrogen) atoms. The number of hydrogen-bond donors (Lipinski definition) is 0. The highest BCUT2D eigenvalue weighted by Gasteiger charge is 2.39. The maximum Gasteiger partial charge on any atom is 0.268 e. The molecular weight excluding hydrogens is 390 g/mol. The highest BCUT2D eigenvalue weighted by atomic mass is 35.5. The van der Waals surface area contributed by atoms with Crippen molar-refractivity contribution in [2.75, 3.05) is 5.01 Å². The van der Waals surface area contributed by atoms with Crippen LogP contribution in [0.5, 0.6) is 0 Å². The molecule has 0 aromatic heterocycles. The minimum Gasteiger partial charge on any atom is -0.274 e. The fraction of sp³-hybridized carbons (Fsp3) is 0.176. The normalized spacial score (nSPS) is 20.2. The second-order valence-corrected chi connectivity index (χ2v) is 7.11. The molecule has 1 heterocycles. The summed E-state index contributed by atoms with van der Waals surface area (Å²) in [6.07, 6.45) is 0. The van der Waals surface area contributed by atoms with Gasteiger partial charge in [0.05, 0.1) is 16.8 Å². The zero-order valence-corrected chi connectivity index (χ0v) is 15.5. The van der Waals surface area contributed by atoms with E-state index >= 15 is 0 Å². The van der Waals surface area contributed by atoms with Crippen molar-refractivity contribution in [1.82, 2.24) is 0 Å². The van der Waals surface area contributed by atoms with E-state index in [0.717, 1.165) is 5.56 Å². The Morgan fingerprint density at radius 3 is 2.25 bits per heavy atom. The van der Waals surface area contributed by atoms with Gasteiger partial charge in [-0.25, -0.2) is 0 Å². The van der Waals surface area contributed by atoms with Gasteiger partial charge in [0.15, 0.2) is 0 Å². The molecule has 1 aliphatic heterocycles. The monoisotopic (exact) mass is 400 g/mol. The summed E-state index contributed by atoms with van der Waals surface area (Å²) in [5.74, 6) is -0.206. The highest BCUT2D eigenvalue weighted by Crippen LogP contribution is 2.42. The molecule has 0 saturated heterocycles. The lowest BCUT2D eigenvalue weighted by Crippen LogP contribution is -2.25. The third-order valence-corrected chi connectivity index (χ3v) is 4.94. The summed E-state index contributed by atoms with van der Waals surface area (Å²) in [7, 11) is 0. The first kappa shape index (κ1) is 17.6. The molecule has 0 amide bonds. The third-order valence-electron chi connectivity index (χ3n) is 3.95. The number of carbonyl (C=O) groups is 1. The van der Waals surface area contributed by atoms with E-state index in [1.807, 2.05) is 19.1 Å². The number of hydrogen-bond acceptors (Lipinski definition) is 3. The number of halogens is 4. The number of rotatable bonds is 3. The Morgan fingerprint density at radius 2 is 1.67 bits per heavy atom. The Bertz CT molecular complexity index is 820. The van der Waals surface area contributed by atoms with Gasteiger partial charge >= 0.3 is 0 Å². The van der Waals surface area contributed by atoms with Crippen molar-refractivity contribution in [1.29, 1.82) is 0 Å². The predicted octanol–water partition coefficient (Wildman–Crippen LogP) is 5.97. The lowest BCUT2D eigenvalue weighted by atomic mass is 9.92. The molecule has 0 aliphatic carbocycles. The second kappa shape index (κ2) is 6.93. The number of benzene rings is 2. The van der Waals surface area contributed by atoms with Crippen molar-refractivity contribution < 1.29 is 4.79 Å². The molecule has 0 saturated carbocycles. The van der Waals surface area contributed by atoms with Crippen molar-refractivity contribution in [2.24, 2.45) is 11.0 Å². The first-order valence-electron chi connectivity index (χ1n) is 7.16. The van der Waals surface area contributed by atoms with Crippen LogP contribution in [0.4, 0.5) is 5.69 Å². The summed E-state index contributed by atoms with van der Waals surface area (Å²) in [6.45, 7) is 1.90. The molecule has 3 rings (SSSR count). The average Bonchev–Trinajstić information content (AvgIpc) is 2.86. The van der Waals surface area contributed by atoms with Gasteiger partial charge in [0, 0.05) is 16.0 Å². The van der Waals surface area contributed by atoms with Gasteiger partial charge in [0.1, 0.15) is 5.71 Å². The molecule has 1 unspecified atom stereocenters. The van der Waals surface area contributed by atoms with Crippen LogP contribution < -0.4 is 5.01 Å². The largest absolute Gasteiger partial charge is 0.274 e. The van der Waals surface area contributed by atoms with Crippen molar-refractivity contribution >= 4 is 63.0 Å². The topological polar surface area (TPSA) is 32.7 Å². The van der Waals surface area contributed by atoms with Crippen LogP contribution in [0.1, 0.15) is 18.5 Å². The van der Waals surface area contributed by atoms with E-state index in [9.17, 15) is 4.79 Å². The summed E-state index contributed by atoms with van der Waals surface area (Å²) >= 11 is 24.0. The predicted molar refractivity (Wildman–Crippen MR) is 101 cm³/mol. The lowest BCUT2D eigenvalue weighted by molar-refractivity contribution is -0.106. The molecule has 0 fully saturated rings. The molecule has 7 heteroatoms. The van der Waals surface area contributed by atoms with E-state index < -0.39 is 5.24 Å². The minimum atomic E-state index is -0.575. The Morgan fingerprint density at radius 1 is 1.04 bits per heavy atom. The van der Waals surface area contributed by atoms with Crippen molar-refractivity contribution in [3.63, 3.8) is 0 Å². The molecule has 124 valence electrons. The number of anilines is 1. The van der Waals surface area contributed by atoms with Gasteiger partial charge in [0.2, 0.25) is 0 Å². The maximum atomic E-state index is 11.7. The maximum absolute atomic E-state index is 11.7. The molecule has 0 N–H and O–H groups in total. The molecule has 2 atom stereocenters. The molecule has 3 nitrogen and oxygen atoms in total. The molecule has 0 radical (unpaired) electrons. The Labute approximate surface area is 159 Å². The van der Waals surface area contributed by atoms with E-state index in [1.54, 1.807) is 35.3 Å². The first-order chi connectivity index (χ1) is 11.4. The van der Waals surface area contributed by atoms with E-state index in [2.05, 4.69) is 5.10 Å². The Kier molecular flexibility index (Phi) is 5.07. The number of carbonyl (C=O) groups excluding carboxylic acids is 1. The number of hydrazone groups is 1. The average molecular weight is 402 g/mol. The summed E-state index contributed by atoms with van der Waals surface area (Å²) < 4.78 is 0. The van der Waals surface area contributed by atoms with Gasteiger partial charge in [-0.05, 0) is 47.5 Å². The third kappa shape index (κ3) is 3.27. The summed E-state index contributed by atoms with van der Waals surface area (Å²) in [5, 5.41) is 7.16. The summed E-state index contributed by atoms with van der Waals surface area (Å²) in [5.41, 5.74) is 1.90. The van der Waals surface area contributed by atoms with E-state index in [4.69, 9.17) is 46.4 Å². The van der Waals surface area contributed by atoms with Gasteiger partial charge in [-0.3, -0.25) is 9.80 Å². The van der Waals surface area contributed by atoms with E-state index in [-0.39, 0.29) is 12.0 Å². The Hall–Kier alpha value is -1.26. The fourth-order valence-electron chi connectivity index (χ4n) is 2.81. The van der Waals surface area contributed by atoms with Crippen molar-refractivity contribution in [3.8, 4) is 0 Å². The molecular formula is C17H12Cl4N2O. The standard InChI is InChI=1S/C17H12Cl4N2O/c1-9-15(17(21)24)22-23(14-7-6-12(19)8-13(14)20)16(9)10-2-4-11(18)5-3-10/h2-9,16H,1H3/t9?,16-/m0/s1. The summed E-state index contributed by atoms with van der Waals surface area (Å²) in [4.78, 5) is 11.7. The van der Waals surface area contributed by atoms with Crippen LogP contribution in [0.2, 0.25) is 15.1 Å². The summed E-state index contributed by atoms with van der Waals surface area (Å²) in [6, 6.07) is 12.3. The molecule has 1 aliphatic rings. The quantitative estimate of drug-likeness (QED) is 0.593. The van der Waals surface area contributed by atoms with Crippen LogP contribution in [-0.2, 0) is 4.79 Å².